The van der Waals surface area contributed by atoms with Crippen LogP contribution in [0.25, 0.3) is 10.9 Å². The molecule has 0 unspecified atom stereocenters. The van der Waals surface area contributed by atoms with Crippen LogP contribution in [0.1, 0.15) is 11.1 Å². The summed E-state index contributed by atoms with van der Waals surface area (Å²) in [6.45, 7) is 0. The van der Waals surface area contributed by atoms with Gasteiger partial charge in [-0.1, -0.05) is 22.0 Å². The van der Waals surface area contributed by atoms with E-state index in [1.165, 1.54) is 6.07 Å². The van der Waals surface area contributed by atoms with Gasteiger partial charge >= 0.3 is 6.18 Å². The molecule has 0 aliphatic carbocycles. The molecule has 0 radical (unpaired) electrons. The van der Waals surface area contributed by atoms with Crippen LogP contribution in [-0.4, -0.2) is 4.98 Å². The molecule has 2 rings (SSSR count). The maximum Gasteiger partial charge on any atom is 0.416 e. The summed E-state index contributed by atoms with van der Waals surface area (Å²) in [5.41, 5.74) is 0.843. The van der Waals surface area contributed by atoms with Crippen LogP contribution in [0.5, 0.6) is 0 Å². The zero-order chi connectivity index (χ0) is 11.1. The Balaban J connectivity index is 2.58. The number of hydrogen-bond donors (Lipinski definition) is 1. The number of aromatic nitrogens is 1. The summed E-state index contributed by atoms with van der Waals surface area (Å²) in [5, 5.41) is 1.44. The molecule has 0 aliphatic rings. The van der Waals surface area contributed by atoms with Crippen LogP contribution >= 0.6 is 15.9 Å². The van der Waals surface area contributed by atoms with Crippen LogP contribution in [0.15, 0.2) is 24.4 Å². The highest BCUT2D eigenvalue weighted by molar-refractivity contribution is 9.08. The van der Waals surface area contributed by atoms with E-state index in [-0.39, 0.29) is 0 Å². The molecule has 1 aromatic heterocycles. The molecule has 15 heavy (non-hydrogen) atoms. The van der Waals surface area contributed by atoms with Crippen molar-refractivity contribution in [1.82, 2.24) is 4.98 Å². The van der Waals surface area contributed by atoms with E-state index in [9.17, 15) is 13.2 Å². The van der Waals surface area contributed by atoms with E-state index >= 15 is 0 Å². The first kappa shape index (κ1) is 10.5. The Morgan fingerprint density at radius 3 is 2.60 bits per heavy atom. The van der Waals surface area contributed by atoms with Gasteiger partial charge in [-0.3, -0.25) is 0 Å². The number of rotatable bonds is 1. The Morgan fingerprint density at radius 2 is 2.00 bits per heavy atom. The number of halogens is 4. The molecule has 0 aliphatic heterocycles. The van der Waals surface area contributed by atoms with E-state index < -0.39 is 11.7 Å². The summed E-state index contributed by atoms with van der Waals surface area (Å²) in [4.78, 5) is 2.82. The number of fused-ring (bicyclic) bond motifs is 1. The zero-order valence-corrected chi connectivity index (χ0v) is 9.11. The van der Waals surface area contributed by atoms with Gasteiger partial charge in [0, 0.05) is 22.4 Å². The van der Waals surface area contributed by atoms with Crippen molar-refractivity contribution in [2.45, 2.75) is 11.5 Å². The third-order valence-corrected chi connectivity index (χ3v) is 2.84. The molecule has 0 fully saturated rings. The van der Waals surface area contributed by atoms with Gasteiger partial charge in [0.15, 0.2) is 0 Å². The van der Waals surface area contributed by atoms with E-state index in [1.807, 2.05) is 0 Å². The fourth-order valence-electron chi connectivity index (χ4n) is 1.47. The van der Waals surface area contributed by atoms with E-state index in [1.54, 1.807) is 6.20 Å². The second-order valence-electron chi connectivity index (χ2n) is 3.21. The van der Waals surface area contributed by atoms with Gasteiger partial charge in [-0.05, 0) is 17.7 Å². The van der Waals surface area contributed by atoms with Crippen LogP contribution in [-0.2, 0) is 11.5 Å². The van der Waals surface area contributed by atoms with Crippen LogP contribution in [0.2, 0.25) is 0 Å². The number of nitrogens with one attached hydrogen (secondary N) is 1. The smallest absolute Gasteiger partial charge is 0.361 e. The third-order valence-electron chi connectivity index (χ3n) is 2.24. The molecule has 2 aromatic rings. The van der Waals surface area contributed by atoms with Gasteiger partial charge in [-0.2, -0.15) is 13.2 Å². The van der Waals surface area contributed by atoms with Crippen molar-refractivity contribution in [1.29, 1.82) is 0 Å². The average molecular weight is 278 g/mol. The van der Waals surface area contributed by atoms with Crippen molar-refractivity contribution in [3.63, 3.8) is 0 Å². The molecular formula is C10H7BrF3N. The molecule has 0 amide bonds. The molecule has 80 valence electrons. The third kappa shape index (κ3) is 1.88. The standard InChI is InChI=1S/C10H7BrF3N/c11-4-6-5-15-9-3-7(10(12,13)14)1-2-8(6)9/h1-3,5,15H,4H2. The molecule has 1 heterocycles. The van der Waals surface area contributed by atoms with Gasteiger partial charge in [-0.25, -0.2) is 0 Å². The molecule has 1 aromatic carbocycles. The topological polar surface area (TPSA) is 15.8 Å². The van der Waals surface area contributed by atoms with E-state index in [4.69, 9.17) is 0 Å². The molecule has 0 saturated carbocycles. The average Bonchev–Trinajstić information content (AvgIpc) is 2.58. The number of aromatic amines is 1. The Bertz CT molecular complexity index is 487. The van der Waals surface area contributed by atoms with Crippen molar-refractivity contribution < 1.29 is 13.2 Å². The molecule has 0 atom stereocenters. The first-order valence-electron chi connectivity index (χ1n) is 4.25. The normalized spacial score (nSPS) is 12.3. The van der Waals surface area contributed by atoms with Crippen molar-refractivity contribution >= 4 is 26.8 Å². The highest BCUT2D eigenvalue weighted by Gasteiger charge is 2.30. The van der Waals surface area contributed by atoms with E-state index in [2.05, 4.69) is 20.9 Å². The Morgan fingerprint density at radius 1 is 1.27 bits per heavy atom. The SMILES string of the molecule is FC(F)(F)c1ccc2c(CBr)c[nH]c2c1. The largest absolute Gasteiger partial charge is 0.416 e. The van der Waals surface area contributed by atoms with Gasteiger partial charge in [-0.15, -0.1) is 0 Å². The van der Waals surface area contributed by atoms with Crippen LogP contribution in [0.4, 0.5) is 13.2 Å². The monoisotopic (exact) mass is 277 g/mol. The van der Waals surface area contributed by atoms with Crippen LogP contribution in [0, 0.1) is 0 Å². The predicted octanol–water partition coefficient (Wildman–Crippen LogP) is 4.08. The van der Waals surface area contributed by atoms with Crippen molar-refractivity contribution in [3.8, 4) is 0 Å². The minimum atomic E-state index is -4.28. The molecule has 0 bridgehead atoms. The van der Waals surface area contributed by atoms with Crippen molar-refractivity contribution in [3.05, 3.63) is 35.5 Å². The van der Waals surface area contributed by atoms with Gasteiger partial charge in [0.1, 0.15) is 0 Å². The summed E-state index contributed by atoms with van der Waals surface area (Å²) in [7, 11) is 0. The minimum Gasteiger partial charge on any atom is -0.361 e. The Labute approximate surface area is 92.4 Å². The highest BCUT2D eigenvalue weighted by Crippen LogP contribution is 2.32. The van der Waals surface area contributed by atoms with Crippen molar-refractivity contribution in [2.24, 2.45) is 0 Å². The summed E-state index contributed by atoms with van der Waals surface area (Å²) < 4.78 is 37.1. The van der Waals surface area contributed by atoms with Crippen LogP contribution in [0.3, 0.4) is 0 Å². The second-order valence-corrected chi connectivity index (χ2v) is 3.77. The predicted molar refractivity (Wildman–Crippen MR) is 55.9 cm³/mol. The van der Waals surface area contributed by atoms with Gasteiger partial charge < -0.3 is 4.98 Å². The first-order chi connectivity index (χ1) is 7.02. The summed E-state index contributed by atoms with van der Waals surface area (Å²) in [6.07, 6.45) is -2.58. The first-order valence-corrected chi connectivity index (χ1v) is 5.37. The number of H-pyrrole nitrogens is 1. The van der Waals surface area contributed by atoms with E-state index in [0.717, 1.165) is 23.1 Å². The quantitative estimate of drug-likeness (QED) is 0.756. The maximum absolute atomic E-state index is 12.4. The second kappa shape index (κ2) is 3.56. The Hall–Kier alpha value is -0.970. The lowest BCUT2D eigenvalue weighted by atomic mass is 10.1. The minimum absolute atomic E-state index is 0.513. The summed E-state index contributed by atoms with van der Waals surface area (Å²) in [6, 6.07) is 3.72. The lowest BCUT2D eigenvalue weighted by molar-refractivity contribution is -0.137. The highest BCUT2D eigenvalue weighted by atomic mass is 79.9. The lowest BCUT2D eigenvalue weighted by Crippen LogP contribution is -2.04. The summed E-state index contributed by atoms with van der Waals surface area (Å²) >= 11 is 3.27. The molecular weight excluding hydrogens is 271 g/mol. The number of alkyl halides is 4. The molecule has 5 heteroatoms. The summed E-state index contributed by atoms with van der Waals surface area (Å²) in [5.74, 6) is 0. The molecule has 0 saturated heterocycles. The molecule has 1 N–H and O–H groups in total. The fraction of sp³-hybridized carbons (Fsp3) is 0.200. The zero-order valence-electron chi connectivity index (χ0n) is 7.53. The van der Waals surface area contributed by atoms with Gasteiger partial charge in [0.2, 0.25) is 0 Å². The van der Waals surface area contributed by atoms with E-state index in [0.29, 0.717) is 10.8 Å². The van der Waals surface area contributed by atoms with Crippen molar-refractivity contribution in [2.75, 3.05) is 0 Å². The lowest BCUT2D eigenvalue weighted by Gasteiger charge is -2.06. The Kier molecular flexibility index (Phi) is 2.50. The van der Waals surface area contributed by atoms with Crippen LogP contribution < -0.4 is 0 Å². The number of hydrogen-bond acceptors (Lipinski definition) is 0. The van der Waals surface area contributed by atoms with Gasteiger partial charge in [0.25, 0.3) is 0 Å². The fourth-order valence-corrected chi connectivity index (χ4v) is 1.94. The van der Waals surface area contributed by atoms with Gasteiger partial charge in [0.05, 0.1) is 5.56 Å². The molecule has 1 nitrogen and oxygen atoms in total. The maximum atomic E-state index is 12.4. The number of benzene rings is 1. The molecule has 0 spiro atoms.